The molecule has 1 N–H and O–H groups in total. The highest BCUT2D eigenvalue weighted by atomic mass is 35.5. The third-order valence-electron chi connectivity index (χ3n) is 4.33. The van der Waals surface area contributed by atoms with Crippen LogP contribution < -0.4 is 15.6 Å². The van der Waals surface area contributed by atoms with Crippen molar-refractivity contribution in [3.63, 3.8) is 0 Å². The first-order chi connectivity index (χ1) is 15.7. The van der Waals surface area contributed by atoms with Gasteiger partial charge in [-0.05, 0) is 55.8 Å². The number of carbonyl (C=O) groups excluding carboxylic acids is 1. The van der Waals surface area contributed by atoms with Gasteiger partial charge >= 0.3 is 5.91 Å². The van der Waals surface area contributed by atoms with Crippen molar-refractivity contribution in [3.8, 4) is 5.75 Å². The number of carbonyl (C=O) groups is 1. The highest BCUT2D eigenvalue weighted by Crippen LogP contribution is 2.29. The Bertz CT molecular complexity index is 1250. The highest BCUT2D eigenvalue weighted by molar-refractivity contribution is 6.32. The van der Waals surface area contributed by atoms with E-state index in [-0.39, 0.29) is 17.6 Å². The number of nitroso groups, excluding NO2 is 1. The first-order valence-corrected chi connectivity index (χ1v) is 10.7. The minimum atomic E-state index is -1.00. The summed E-state index contributed by atoms with van der Waals surface area (Å²) in [4.78, 5) is 38.2. The Labute approximate surface area is 199 Å². The maximum atomic E-state index is 12.5. The second-order valence-electron chi connectivity index (χ2n) is 7.28. The summed E-state index contributed by atoms with van der Waals surface area (Å²) in [7, 11) is 0. The topological polar surface area (TPSA) is 103 Å². The average molecular weight is 487 g/mol. The van der Waals surface area contributed by atoms with Crippen LogP contribution in [0.3, 0.4) is 0 Å². The molecule has 0 aliphatic carbocycles. The number of amides is 1. The van der Waals surface area contributed by atoms with Crippen LogP contribution in [-0.2, 0) is 11.3 Å². The molecule has 3 rings (SSSR count). The molecule has 3 aromatic rings. The minimum absolute atomic E-state index is 0.0329. The minimum Gasteiger partial charge on any atom is -0.489 e. The lowest BCUT2D eigenvalue weighted by Gasteiger charge is -2.16. The van der Waals surface area contributed by atoms with Crippen molar-refractivity contribution < 1.29 is 9.53 Å². The van der Waals surface area contributed by atoms with Gasteiger partial charge in [-0.1, -0.05) is 35.3 Å². The molecule has 170 valence electrons. The number of rotatable bonds is 8. The van der Waals surface area contributed by atoms with E-state index in [1.807, 2.05) is 26.0 Å². The summed E-state index contributed by atoms with van der Waals surface area (Å²) in [5, 5.41) is 6.38. The molecule has 0 aliphatic heterocycles. The molecule has 1 heterocycles. The van der Waals surface area contributed by atoms with Crippen LogP contribution in [0, 0.1) is 4.91 Å². The van der Waals surface area contributed by atoms with Gasteiger partial charge in [-0.3, -0.25) is 9.59 Å². The first-order valence-electron chi connectivity index (χ1n) is 9.89. The molecule has 1 amide bonds. The number of nitrogens with one attached hydrogen (secondary N) is 1. The molecule has 10 heteroatoms. The van der Waals surface area contributed by atoms with Crippen molar-refractivity contribution in [2.24, 2.45) is 5.18 Å². The molecule has 33 heavy (non-hydrogen) atoms. The molecule has 0 bridgehead atoms. The van der Waals surface area contributed by atoms with Gasteiger partial charge < -0.3 is 14.6 Å². The fourth-order valence-electron chi connectivity index (χ4n) is 2.88. The Balaban J connectivity index is 1.99. The van der Waals surface area contributed by atoms with Crippen molar-refractivity contribution >= 4 is 46.8 Å². The van der Waals surface area contributed by atoms with Crippen molar-refractivity contribution in [3.05, 3.63) is 91.2 Å². The standard InChI is InChI=1S/C23H20Cl2N4O4/c1-14(2)33-20-9-8-18(11-19(20)25)26-23-27-22(31)16(5-10-21(30)28-32)13-29(23)12-15-3-6-17(24)7-4-15/h3-11,13-14H,12H2,1-2H3,(H,26,27,31)/b10-5+. The summed E-state index contributed by atoms with van der Waals surface area (Å²) in [6.07, 6.45) is 3.61. The molecule has 0 saturated heterocycles. The Kier molecular flexibility index (Phi) is 7.97. The summed E-state index contributed by atoms with van der Waals surface area (Å²) in [5.41, 5.74) is 1.01. The van der Waals surface area contributed by atoms with Crippen LogP contribution in [0.1, 0.15) is 25.0 Å². The molecule has 0 spiro atoms. The number of hydrogen-bond donors (Lipinski definition) is 1. The normalized spacial score (nSPS) is 11.1. The number of nitrogens with zero attached hydrogens (tertiary/aromatic N) is 3. The van der Waals surface area contributed by atoms with Crippen LogP contribution in [0.25, 0.3) is 6.08 Å². The zero-order valence-electron chi connectivity index (χ0n) is 17.8. The van der Waals surface area contributed by atoms with E-state index < -0.39 is 11.5 Å². The lowest BCUT2D eigenvalue weighted by molar-refractivity contribution is -0.113. The van der Waals surface area contributed by atoms with Crippen LogP contribution in [-0.4, -0.2) is 21.6 Å². The third-order valence-corrected chi connectivity index (χ3v) is 4.88. The van der Waals surface area contributed by atoms with Crippen molar-refractivity contribution in [1.82, 2.24) is 9.55 Å². The lowest BCUT2D eigenvalue weighted by Crippen LogP contribution is -2.19. The van der Waals surface area contributed by atoms with Gasteiger partial charge in [0.15, 0.2) is 0 Å². The van der Waals surface area contributed by atoms with Gasteiger partial charge in [0, 0.05) is 28.2 Å². The van der Waals surface area contributed by atoms with E-state index in [0.29, 0.717) is 28.0 Å². The molecule has 0 radical (unpaired) electrons. The van der Waals surface area contributed by atoms with E-state index in [1.165, 1.54) is 12.3 Å². The van der Waals surface area contributed by atoms with Gasteiger partial charge in [-0.15, -0.1) is 4.91 Å². The molecule has 0 aliphatic rings. The highest BCUT2D eigenvalue weighted by Gasteiger charge is 2.11. The third kappa shape index (κ3) is 6.74. The maximum absolute atomic E-state index is 12.5. The van der Waals surface area contributed by atoms with Gasteiger partial charge in [0.1, 0.15) is 5.75 Å². The fraction of sp³-hybridized carbons (Fsp3) is 0.174. The van der Waals surface area contributed by atoms with Crippen LogP contribution in [0.2, 0.25) is 10.0 Å². The SMILES string of the molecule is CC(C)Oc1ccc(Nc2nc(=O)c(/C=C/C(=O)N=O)cn2Cc2ccc(Cl)cc2)cc1Cl. The average Bonchev–Trinajstić information content (AvgIpc) is 2.77. The summed E-state index contributed by atoms with van der Waals surface area (Å²) < 4.78 is 7.34. The van der Waals surface area contributed by atoms with Gasteiger partial charge in [-0.25, -0.2) is 0 Å². The number of ether oxygens (including phenoxy) is 1. The molecule has 1 aromatic heterocycles. The second-order valence-corrected chi connectivity index (χ2v) is 8.12. The maximum Gasteiger partial charge on any atom is 0.309 e. The van der Waals surface area contributed by atoms with Crippen molar-refractivity contribution in [2.75, 3.05) is 5.32 Å². The Hall–Kier alpha value is -3.49. The first kappa shape index (κ1) is 24.2. The summed E-state index contributed by atoms with van der Waals surface area (Å²) in [5.74, 6) is -0.211. The molecule has 8 nitrogen and oxygen atoms in total. The number of anilines is 2. The predicted octanol–water partition coefficient (Wildman–Crippen LogP) is 5.44. The zero-order valence-corrected chi connectivity index (χ0v) is 19.3. The Morgan fingerprint density at radius 2 is 1.94 bits per heavy atom. The Morgan fingerprint density at radius 1 is 1.21 bits per heavy atom. The summed E-state index contributed by atoms with van der Waals surface area (Å²) in [6, 6.07) is 12.3. The van der Waals surface area contributed by atoms with Crippen molar-refractivity contribution in [1.29, 1.82) is 0 Å². The van der Waals surface area contributed by atoms with Crippen molar-refractivity contribution in [2.45, 2.75) is 26.5 Å². The quantitative estimate of drug-likeness (QED) is 0.336. The molecular weight excluding hydrogens is 467 g/mol. The van der Waals surface area contributed by atoms with Gasteiger partial charge in [0.2, 0.25) is 5.95 Å². The van der Waals surface area contributed by atoms with E-state index in [4.69, 9.17) is 27.9 Å². The van der Waals surface area contributed by atoms with Gasteiger partial charge in [-0.2, -0.15) is 4.98 Å². The number of aromatic nitrogens is 2. The molecular formula is C23H20Cl2N4O4. The van der Waals surface area contributed by atoms with Crippen LogP contribution in [0.5, 0.6) is 5.75 Å². The molecule has 0 fully saturated rings. The molecule has 0 unspecified atom stereocenters. The second kappa shape index (κ2) is 10.9. The smallest absolute Gasteiger partial charge is 0.309 e. The van der Waals surface area contributed by atoms with E-state index in [0.717, 1.165) is 11.6 Å². The van der Waals surface area contributed by atoms with E-state index in [1.54, 1.807) is 34.9 Å². The molecule has 2 aromatic carbocycles. The molecule has 0 saturated carbocycles. The van der Waals surface area contributed by atoms with E-state index in [9.17, 15) is 14.5 Å². The van der Waals surface area contributed by atoms with Gasteiger partial charge in [0.05, 0.1) is 23.2 Å². The van der Waals surface area contributed by atoms with E-state index in [2.05, 4.69) is 15.5 Å². The largest absolute Gasteiger partial charge is 0.489 e. The predicted molar refractivity (Wildman–Crippen MR) is 129 cm³/mol. The summed E-state index contributed by atoms with van der Waals surface area (Å²) >= 11 is 12.3. The van der Waals surface area contributed by atoms with Crippen LogP contribution in [0.15, 0.2) is 64.7 Å². The Morgan fingerprint density at radius 3 is 2.58 bits per heavy atom. The molecule has 0 atom stereocenters. The zero-order chi connectivity index (χ0) is 24.0. The number of hydrogen-bond acceptors (Lipinski definition) is 6. The fourth-order valence-corrected chi connectivity index (χ4v) is 3.23. The number of halogens is 2. The van der Waals surface area contributed by atoms with Crippen LogP contribution in [0.4, 0.5) is 11.6 Å². The van der Waals surface area contributed by atoms with Crippen LogP contribution >= 0.6 is 23.2 Å². The van der Waals surface area contributed by atoms with E-state index >= 15 is 0 Å². The number of benzene rings is 2. The lowest BCUT2D eigenvalue weighted by atomic mass is 10.2. The summed E-state index contributed by atoms with van der Waals surface area (Å²) in [6.45, 7) is 4.14. The van der Waals surface area contributed by atoms with Gasteiger partial charge in [0.25, 0.3) is 5.56 Å². The monoisotopic (exact) mass is 486 g/mol.